The molecule has 0 aliphatic carbocycles. The summed E-state index contributed by atoms with van der Waals surface area (Å²) in [6, 6.07) is 11.7. The Morgan fingerprint density at radius 2 is 1.38 bits per heavy atom. The molecule has 0 fully saturated rings. The third-order valence-electron chi connectivity index (χ3n) is 3.68. The van der Waals surface area contributed by atoms with E-state index in [0.29, 0.717) is 22.5 Å². The predicted molar refractivity (Wildman–Crippen MR) is 92.4 cm³/mol. The smallest absolute Gasteiger partial charge is 0.306 e. The van der Waals surface area contributed by atoms with Crippen molar-refractivity contribution in [2.75, 3.05) is 0 Å². The summed E-state index contributed by atoms with van der Waals surface area (Å²) in [5.74, 6) is 0.0392. The van der Waals surface area contributed by atoms with Gasteiger partial charge in [-0.1, -0.05) is 36.4 Å². The van der Waals surface area contributed by atoms with Crippen LogP contribution in [-0.2, 0) is 23.0 Å². The fourth-order valence-corrected chi connectivity index (χ4v) is 2.87. The van der Waals surface area contributed by atoms with Gasteiger partial charge in [-0.2, -0.15) is 13.2 Å². The Bertz CT molecular complexity index is 926. The van der Waals surface area contributed by atoms with E-state index in [2.05, 4.69) is 9.97 Å². The minimum absolute atomic E-state index is 0.0392. The van der Waals surface area contributed by atoms with E-state index in [1.807, 2.05) is 0 Å². The second kappa shape index (κ2) is 7.35. The SMILES string of the molecule is O=S(O)Cc1ccc(-c2cncc(-c3ccc(C(F)(F)F)cc3)n2)cc1. The van der Waals surface area contributed by atoms with Crippen LogP contribution in [0.15, 0.2) is 60.9 Å². The molecular weight excluding hydrogens is 365 g/mol. The van der Waals surface area contributed by atoms with Gasteiger partial charge in [-0.15, -0.1) is 0 Å². The summed E-state index contributed by atoms with van der Waals surface area (Å²) in [5, 5.41) is 0. The van der Waals surface area contributed by atoms with Crippen molar-refractivity contribution in [2.24, 2.45) is 0 Å². The third-order valence-corrected chi connectivity index (χ3v) is 4.26. The van der Waals surface area contributed by atoms with Crippen LogP contribution < -0.4 is 0 Å². The third kappa shape index (κ3) is 4.33. The molecule has 0 bridgehead atoms. The van der Waals surface area contributed by atoms with Crippen molar-refractivity contribution in [1.82, 2.24) is 9.97 Å². The Balaban J connectivity index is 1.87. The van der Waals surface area contributed by atoms with E-state index in [4.69, 9.17) is 4.55 Å². The van der Waals surface area contributed by atoms with Gasteiger partial charge in [0, 0.05) is 11.1 Å². The molecule has 3 aromatic rings. The number of alkyl halides is 3. The van der Waals surface area contributed by atoms with E-state index < -0.39 is 22.8 Å². The highest BCUT2D eigenvalue weighted by Gasteiger charge is 2.30. The lowest BCUT2D eigenvalue weighted by atomic mass is 10.1. The van der Waals surface area contributed by atoms with Gasteiger partial charge in [-0.3, -0.25) is 4.98 Å². The minimum atomic E-state index is -4.38. The van der Waals surface area contributed by atoms with Crippen LogP contribution in [0.2, 0.25) is 0 Å². The molecule has 0 saturated heterocycles. The molecule has 3 rings (SSSR count). The van der Waals surface area contributed by atoms with Crippen LogP contribution in [0, 0.1) is 0 Å². The first-order valence-electron chi connectivity index (χ1n) is 7.49. The average molecular weight is 378 g/mol. The zero-order valence-electron chi connectivity index (χ0n) is 13.3. The number of hydrogen-bond donors (Lipinski definition) is 1. The Labute approximate surface area is 150 Å². The molecule has 1 N–H and O–H groups in total. The topological polar surface area (TPSA) is 63.1 Å². The summed E-state index contributed by atoms with van der Waals surface area (Å²) in [5.41, 5.74) is 2.28. The Hall–Kier alpha value is -2.58. The fraction of sp³-hybridized carbons (Fsp3) is 0.111. The second-order valence-electron chi connectivity index (χ2n) is 5.53. The Morgan fingerprint density at radius 1 is 0.885 bits per heavy atom. The highest BCUT2D eigenvalue weighted by molar-refractivity contribution is 7.78. The molecule has 26 heavy (non-hydrogen) atoms. The summed E-state index contributed by atoms with van der Waals surface area (Å²) in [6.45, 7) is 0. The summed E-state index contributed by atoms with van der Waals surface area (Å²) in [6.07, 6.45) is -1.35. The van der Waals surface area contributed by atoms with Gasteiger partial charge in [0.25, 0.3) is 0 Å². The lowest BCUT2D eigenvalue weighted by Crippen LogP contribution is -2.04. The molecule has 2 aromatic carbocycles. The molecule has 0 saturated carbocycles. The number of nitrogens with zero attached hydrogens (tertiary/aromatic N) is 2. The van der Waals surface area contributed by atoms with Crippen LogP contribution >= 0.6 is 0 Å². The maximum atomic E-state index is 12.7. The van der Waals surface area contributed by atoms with Crippen molar-refractivity contribution in [3.63, 3.8) is 0 Å². The molecule has 0 amide bonds. The second-order valence-corrected chi connectivity index (χ2v) is 6.46. The number of rotatable bonds is 4. The molecule has 0 aliphatic rings. The first-order chi connectivity index (χ1) is 12.3. The number of halogens is 3. The first kappa shape index (κ1) is 18.2. The molecule has 1 aromatic heterocycles. The quantitative estimate of drug-likeness (QED) is 0.677. The normalized spacial score (nSPS) is 12.8. The zero-order chi connectivity index (χ0) is 18.7. The molecule has 0 radical (unpaired) electrons. The molecule has 4 nitrogen and oxygen atoms in total. The van der Waals surface area contributed by atoms with E-state index in [0.717, 1.165) is 17.7 Å². The highest BCUT2D eigenvalue weighted by atomic mass is 32.2. The number of aromatic nitrogens is 2. The first-order valence-corrected chi connectivity index (χ1v) is 8.77. The van der Waals surface area contributed by atoms with Crippen molar-refractivity contribution >= 4 is 11.1 Å². The summed E-state index contributed by atoms with van der Waals surface area (Å²) >= 11 is -1.91. The van der Waals surface area contributed by atoms with Crippen LogP contribution in [0.1, 0.15) is 11.1 Å². The lowest BCUT2D eigenvalue weighted by Gasteiger charge is -2.08. The number of hydrogen-bond acceptors (Lipinski definition) is 3. The molecular formula is C18H13F3N2O2S. The molecule has 0 aliphatic heterocycles. The monoisotopic (exact) mass is 378 g/mol. The van der Waals surface area contributed by atoms with Gasteiger partial charge in [0.05, 0.1) is 35.1 Å². The van der Waals surface area contributed by atoms with E-state index in [9.17, 15) is 17.4 Å². The van der Waals surface area contributed by atoms with Crippen molar-refractivity contribution in [3.05, 3.63) is 72.1 Å². The van der Waals surface area contributed by atoms with Crippen LogP contribution in [0.25, 0.3) is 22.5 Å². The van der Waals surface area contributed by atoms with Gasteiger partial charge in [0.1, 0.15) is 0 Å². The van der Waals surface area contributed by atoms with Crippen molar-refractivity contribution in [3.8, 4) is 22.5 Å². The van der Waals surface area contributed by atoms with E-state index in [-0.39, 0.29) is 5.75 Å². The van der Waals surface area contributed by atoms with Gasteiger partial charge < -0.3 is 4.55 Å². The van der Waals surface area contributed by atoms with Gasteiger partial charge in [-0.25, -0.2) is 9.19 Å². The van der Waals surface area contributed by atoms with Crippen molar-refractivity contribution in [1.29, 1.82) is 0 Å². The van der Waals surface area contributed by atoms with Crippen LogP contribution in [0.3, 0.4) is 0 Å². The van der Waals surface area contributed by atoms with E-state index in [1.54, 1.807) is 30.5 Å². The summed E-state index contributed by atoms with van der Waals surface area (Å²) in [7, 11) is 0. The highest BCUT2D eigenvalue weighted by Crippen LogP contribution is 2.31. The maximum Gasteiger partial charge on any atom is 0.416 e. The standard InChI is InChI=1S/C18H13F3N2O2S/c19-18(20,21)15-7-5-14(6-8-15)17-10-22-9-16(23-17)13-3-1-12(2-4-13)11-26(24)25/h1-10H,11H2,(H,24,25). The molecule has 8 heteroatoms. The molecule has 0 spiro atoms. The molecule has 1 atom stereocenters. The Kier molecular flexibility index (Phi) is 5.15. The molecule has 1 heterocycles. The molecule has 1 unspecified atom stereocenters. The van der Waals surface area contributed by atoms with Gasteiger partial charge >= 0.3 is 6.18 Å². The average Bonchev–Trinajstić information content (AvgIpc) is 2.61. The van der Waals surface area contributed by atoms with E-state index >= 15 is 0 Å². The van der Waals surface area contributed by atoms with Crippen LogP contribution in [-0.4, -0.2) is 18.7 Å². The summed E-state index contributed by atoms with van der Waals surface area (Å²) in [4.78, 5) is 8.55. The predicted octanol–water partition coefficient (Wildman–Crippen LogP) is 4.55. The fourth-order valence-electron chi connectivity index (χ4n) is 2.39. The van der Waals surface area contributed by atoms with Gasteiger partial charge in [0.2, 0.25) is 0 Å². The minimum Gasteiger partial charge on any atom is -0.306 e. The lowest BCUT2D eigenvalue weighted by molar-refractivity contribution is -0.137. The number of benzene rings is 2. The van der Waals surface area contributed by atoms with Crippen molar-refractivity contribution in [2.45, 2.75) is 11.9 Å². The zero-order valence-corrected chi connectivity index (χ0v) is 14.1. The Morgan fingerprint density at radius 3 is 1.85 bits per heavy atom. The maximum absolute atomic E-state index is 12.7. The van der Waals surface area contributed by atoms with Crippen LogP contribution in [0.4, 0.5) is 13.2 Å². The van der Waals surface area contributed by atoms with Gasteiger partial charge in [0.15, 0.2) is 11.1 Å². The van der Waals surface area contributed by atoms with Crippen LogP contribution in [0.5, 0.6) is 0 Å². The largest absolute Gasteiger partial charge is 0.416 e. The summed E-state index contributed by atoms with van der Waals surface area (Å²) < 4.78 is 57.7. The van der Waals surface area contributed by atoms with Crippen molar-refractivity contribution < 1.29 is 21.9 Å². The van der Waals surface area contributed by atoms with Gasteiger partial charge in [-0.05, 0) is 17.7 Å². The molecule has 134 valence electrons. The van der Waals surface area contributed by atoms with E-state index in [1.165, 1.54) is 18.3 Å².